The van der Waals surface area contributed by atoms with Gasteiger partial charge in [0.15, 0.2) is 5.96 Å². The van der Waals surface area contributed by atoms with E-state index in [0.29, 0.717) is 24.9 Å². The van der Waals surface area contributed by atoms with E-state index in [2.05, 4.69) is 48.7 Å². The standard InChI is InChI=1S/C25H40N4O2.HI/c1-3-26-24(28-20-25(12-5-6-13-25)14-16-31-4-2)27-18-21-9-7-10-22(17-21)19-29-15-8-11-23(29)30;/h7,9-10,17H,3-6,8,11-16,18-20H2,1-2H3,(H2,26,27,28);1H. The summed E-state index contributed by atoms with van der Waals surface area (Å²) in [6, 6.07) is 8.47. The van der Waals surface area contributed by atoms with Crippen molar-refractivity contribution in [2.45, 2.75) is 71.9 Å². The van der Waals surface area contributed by atoms with Crippen LogP contribution in [0.4, 0.5) is 0 Å². The molecule has 7 heteroatoms. The van der Waals surface area contributed by atoms with Crippen molar-refractivity contribution in [1.29, 1.82) is 0 Å². The Morgan fingerprint density at radius 1 is 1.16 bits per heavy atom. The Morgan fingerprint density at radius 2 is 1.94 bits per heavy atom. The van der Waals surface area contributed by atoms with Gasteiger partial charge in [-0.25, -0.2) is 4.99 Å². The first-order valence-corrected chi connectivity index (χ1v) is 12.1. The highest BCUT2D eigenvalue weighted by Gasteiger charge is 2.33. The zero-order chi connectivity index (χ0) is 21.9. The number of amides is 1. The lowest BCUT2D eigenvalue weighted by Crippen LogP contribution is -2.43. The van der Waals surface area contributed by atoms with Gasteiger partial charge in [0.1, 0.15) is 0 Å². The number of ether oxygens (including phenoxy) is 1. The number of guanidine groups is 1. The summed E-state index contributed by atoms with van der Waals surface area (Å²) in [6.45, 7) is 9.80. The van der Waals surface area contributed by atoms with Crippen molar-refractivity contribution in [3.8, 4) is 0 Å². The molecule has 180 valence electrons. The van der Waals surface area contributed by atoms with Gasteiger partial charge < -0.3 is 20.3 Å². The van der Waals surface area contributed by atoms with Crippen LogP contribution in [0.15, 0.2) is 29.3 Å². The minimum Gasteiger partial charge on any atom is -0.382 e. The highest BCUT2D eigenvalue weighted by molar-refractivity contribution is 14.0. The van der Waals surface area contributed by atoms with E-state index in [-0.39, 0.29) is 29.9 Å². The Labute approximate surface area is 211 Å². The summed E-state index contributed by atoms with van der Waals surface area (Å²) in [4.78, 5) is 18.7. The fraction of sp³-hybridized carbons (Fsp3) is 0.680. The zero-order valence-corrected chi connectivity index (χ0v) is 22.2. The molecular weight excluding hydrogens is 515 g/mol. The van der Waals surface area contributed by atoms with Crippen LogP contribution >= 0.6 is 24.0 Å². The quantitative estimate of drug-likeness (QED) is 0.183. The largest absolute Gasteiger partial charge is 0.382 e. The molecule has 32 heavy (non-hydrogen) atoms. The number of halogens is 1. The van der Waals surface area contributed by atoms with Gasteiger partial charge in [-0.15, -0.1) is 24.0 Å². The molecule has 0 aromatic heterocycles. The lowest BCUT2D eigenvalue weighted by Gasteiger charge is -2.30. The second-order valence-electron chi connectivity index (χ2n) is 8.94. The molecule has 1 aliphatic heterocycles. The van der Waals surface area contributed by atoms with Crippen LogP contribution in [0.3, 0.4) is 0 Å². The van der Waals surface area contributed by atoms with Gasteiger partial charge in [0.05, 0.1) is 6.54 Å². The Balaban J connectivity index is 0.00000363. The van der Waals surface area contributed by atoms with E-state index in [4.69, 9.17) is 9.73 Å². The molecule has 1 saturated carbocycles. The first-order valence-electron chi connectivity index (χ1n) is 12.1. The van der Waals surface area contributed by atoms with E-state index in [0.717, 1.165) is 51.6 Å². The van der Waals surface area contributed by atoms with E-state index in [9.17, 15) is 4.79 Å². The van der Waals surface area contributed by atoms with Crippen molar-refractivity contribution in [2.75, 3.05) is 32.8 Å². The molecular formula is C25H41IN4O2. The van der Waals surface area contributed by atoms with Gasteiger partial charge in [0.25, 0.3) is 0 Å². The fourth-order valence-corrected chi connectivity index (χ4v) is 4.77. The molecule has 0 bridgehead atoms. The molecule has 2 N–H and O–H groups in total. The average molecular weight is 557 g/mol. The molecule has 0 radical (unpaired) electrons. The highest BCUT2D eigenvalue weighted by atomic mass is 127. The van der Waals surface area contributed by atoms with Crippen LogP contribution in [-0.4, -0.2) is 49.6 Å². The topological polar surface area (TPSA) is 66.0 Å². The molecule has 0 atom stereocenters. The first kappa shape index (κ1) is 26.9. The molecule has 1 heterocycles. The molecule has 3 rings (SSSR count). The fourth-order valence-electron chi connectivity index (χ4n) is 4.77. The van der Waals surface area contributed by atoms with E-state index in [1.807, 2.05) is 4.90 Å². The molecule has 0 unspecified atom stereocenters. The minimum atomic E-state index is 0. The van der Waals surface area contributed by atoms with Gasteiger partial charge in [0, 0.05) is 45.8 Å². The van der Waals surface area contributed by atoms with E-state index >= 15 is 0 Å². The summed E-state index contributed by atoms with van der Waals surface area (Å²) in [5.41, 5.74) is 2.68. The van der Waals surface area contributed by atoms with Crippen LogP contribution in [0.1, 0.15) is 69.9 Å². The van der Waals surface area contributed by atoms with Gasteiger partial charge >= 0.3 is 0 Å². The Hall–Kier alpha value is -1.35. The first-order chi connectivity index (χ1) is 15.1. The molecule has 0 spiro atoms. The number of hydrogen-bond donors (Lipinski definition) is 2. The van der Waals surface area contributed by atoms with Crippen LogP contribution in [0.5, 0.6) is 0 Å². The number of likely N-dealkylation sites (tertiary alicyclic amines) is 1. The maximum Gasteiger partial charge on any atom is 0.222 e. The van der Waals surface area contributed by atoms with Crippen LogP contribution in [0.2, 0.25) is 0 Å². The summed E-state index contributed by atoms with van der Waals surface area (Å²) in [7, 11) is 0. The van der Waals surface area contributed by atoms with Crippen LogP contribution in [0.25, 0.3) is 0 Å². The second-order valence-corrected chi connectivity index (χ2v) is 8.94. The van der Waals surface area contributed by atoms with Crippen LogP contribution < -0.4 is 10.6 Å². The molecule has 6 nitrogen and oxygen atoms in total. The number of rotatable bonds is 11. The van der Waals surface area contributed by atoms with Crippen molar-refractivity contribution in [2.24, 2.45) is 10.4 Å². The normalized spacial score (nSPS) is 18.0. The summed E-state index contributed by atoms with van der Waals surface area (Å²) in [6.07, 6.45) is 7.94. The zero-order valence-electron chi connectivity index (χ0n) is 19.8. The number of benzene rings is 1. The maximum absolute atomic E-state index is 11.9. The average Bonchev–Trinajstić information content (AvgIpc) is 3.40. The van der Waals surface area contributed by atoms with Crippen molar-refractivity contribution in [3.05, 3.63) is 35.4 Å². The smallest absolute Gasteiger partial charge is 0.222 e. The number of nitrogens with zero attached hydrogens (tertiary/aromatic N) is 2. The van der Waals surface area contributed by atoms with Gasteiger partial charge in [-0.2, -0.15) is 0 Å². The van der Waals surface area contributed by atoms with Crippen molar-refractivity contribution >= 4 is 35.8 Å². The number of carbonyl (C=O) groups is 1. The van der Waals surface area contributed by atoms with E-state index in [1.165, 1.54) is 36.8 Å². The van der Waals surface area contributed by atoms with Crippen LogP contribution in [0, 0.1) is 5.41 Å². The molecule has 1 saturated heterocycles. The highest BCUT2D eigenvalue weighted by Crippen LogP contribution is 2.40. The number of carbonyl (C=O) groups excluding carboxylic acids is 1. The van der Waals surface area contributed by atoms with Gasteiger partial charge in [-0.1, -0.05) is 37.1 Å². The van der Waals surface area contributed by atoms with Gasteiger partial charge in [-0.3, -0.25) is 4.79 Å². The molecule has 2 fully saturated rings. The maximum atomic E-state index is 11.9. The van der Waals surface area contributed by atoms with E-state index < -0.39 is 0 Å². The third-order valence-electron chi connectivity index (χ3n) is 6.58. The monoisotopic (exact) mass is 556 g/mol. The third kappa shape index (κ3) is 8.21. The predicted octanol–water partition coefficient (Wildman–Crippen LogP) is 4.47. The number of aliphatic imine (C=N–C) groups is 1. The Bertz CT molecular complexity index is 734. The summed E-state index contributed by atoms with van der Waals surface area (Å²) < 4.78 is 5.65. The molecule has 1 amide bonds. The summed E-state index contributed by atoms with van der Waals surface area (Å²) in [5.74, 6) is 1.15. The minimum absolute atomic E-state index is 0. The Kier molecular flexibility index (Phi) is 11.8. The summed E-state index contributed by atoms with van der Waals surface area (Å²) in [5, 5.41) is 7.01. The molecule has 2 aliphatic rings. The Morgan fingerprint density at radius 3 is 2.62 bits per heavy atom. The molecule has 1 aromatic rings. The second kappa shape index (κ2) is 14.0. The van der Waals surface area contributed by atoms with Crippen molar-refractivity contribution in [1.82, 2.24) is 15.5 Å². The van der Waals surface area contributed by atoms with E-state index in [1.54, 1.807) is 0 Å². The third-order valence-corrected chi connectivity index (χ3v) is 6.58. The van der Waals surface area contributed by atoms with Crippen molar-refractivity contribution in [3.63, 3.8) is 0 Å². The van der Waals surface area contributed by atoms with Crippen LogP contribution in [-0.2, 0) is 22.6 Å². The summed E-state index contributed by atoms with van der Waals surface area (Å²) >= 11 is 0. The SMILES string of the molecule is CCNC(=NCc1cccc(CN2CCCC2=O)c1)NCC1(CCOCC)CCCC1.I. The lowest BCUT2D eigenvalue weighted by atomic mass is 9.83. The number of nitrogens with one attached hydrogen (secondary N) is 2. The predicted molar refractivity (Wildman–Crippen MR) is 141 cm³/mol. The number of hydrogen-bond acceptors (Lipinski definition) is 3. The van der Waals surface area contributed by atoms with Gasteiger partial charge in [-0.05, 0) is 56.1 Å². The van der Waals surface area contributed by atoms with Crippen molar-refractivity contribution < 1.29 is 9.53 Å². The van der Waals surface area contributed by atoms with Gasteiger partial charge in [0.2, 0.25) is 5.91 Å². The molecule has 1 aromatic carbocycles. The lowest BCUT2D eigenvalue weighted by molar-refractivity contribution is -0.128. The molecule has 1 aliphatic carbocycles.